The summed E-state index contributed by atoms with van der Waals surface area (Å²) in [6.07, 6.45) is 5.91. The number of rotatable bonds is 3. The Morgan fingerprint density at radius 2 is 1.83 bits per heavy atom. The molecule has 4 nitrogen and oxygen atoms in total. The number of benzene rings is 1. The summed E-state index contributed by atoms with van der Waals surface area (Å²) in [5, 5.41) is 0. The van der Waals surface area contributed by atoms with Crippen molar-refractivity contribution in [3.63, 3.8) is 0 Å². The van der Waals surface area contributed by atoms with Gasteiger partial charge in [-0.15, -0.1) is 0 Å². The third-order valence-electron chi connectivity index (χ3n) is 4.60. The fourth-order valence-electron chi connectivity index (χ4n) is 3.34. The second kappa shape index (κ2) is 6.08. The maximum atomic E-state index is 13.0. The molecule has 0 aliphatic carbocycles. The van der Waals surface area contributed by atoms with Crippen molar-refractivity contribution >= 4 is 11.2 Å². The van der Waals surface area contributed by atoms with Crippen LogP contribution >= 0.6 is 0 Å². The highest BCUT2D eigenvalue weighted by atomic mass is 19.1. The molecule has 0 unspecified atom stereocenters. The van der Waals surface area contributed by atoms with Crippen molar-refractivity contribution in [3.8, 4) is 0 Å². The Morgan fingerprint density at radius 1 is 1.04 bits per heavy atom. The van der Waals surface area contributed by atoms with E-state index in [0.29, 0.717) is 6.04 Å². The van der Waals surface area contributed by atoms with Gasteiger partial charge < -0.3 is 4.57 Å². The SMILES string of the molecule is Fc1ccc(CN2CCC(n3cnc4cccnc43)CC2)cc1. The summed E-state index contributed by atoms with van der Waals surface area (Å²) in [5.74, 6) is -0.174. The number of nitrogens with zero attached hydrogens (tertiary/aromatic N) is 4. The Hall–Kier alpha value is -2.27. The smallest absolute Gasteiger partial charge is 0.160 e. The maximum Gasteiger partial charge on any atom is 0.160 e. The quantitative estimate of drug-likeness (QED) is 0.743. The molecule has 1 aliphatic rings. The Kier molecular flexibility index (Phi) is 3.79. The van der Waals surface area contributed by atoms with E-state index >= 15 is 0 Å². The second-order valence-corrected chi connectivity index (χ2v) is 6.13. The van der Waals surface area contributed by atoms with E-state index in [9.17, 15) is 4.39 Å². The van der Waals surface area contributed by atoms with Crippen LogP contribution in [0.2, 0.25) is 0 Å². The predicted molar refractivity (Wildman–Crippen MR) is 87.5 cm³/mol. The van der Waals surface area contributed by atoms with Gasteiger partial charge in [-0.05, 0) is 42.7 Å². The van der Waals surface area contributed by atoms with Gasteiger partial charge >= 0.3 is 0 Å². The highest BCUT2D eigenvalue weighted by Gasteiger charge is 2.22. The summed E-state index contributed by atoms with van der Waals surface area (Å²) >= 11 is 0. The van der Waals surface area contributed by atoms with E-state index < -0.39 is 0 Å². The number of pyridine rings is 1. The Bertz CT molecular complexity index is 788. The van der Waals surface area contributed by atoms with Gasteiger partial charge in [0.1, 0.15) is 11.3 Å². The Balaban J connectivity index is 1.42. The molecule has 5 heteroatoms. The van der Waals surface area contributed by atoms with Gasteiger partial charge in [0.05, 0.1) is 6.33 Å². The summed E-state index contributed by atoms with van der Waals surface area (Å²) in [5.41, 5.74) is 3.10. The summed E-state index contributed by atoms with van der Waals surface area (Å²) < 4.78 is 15.2. The zero-order valence-corrected chi connectivity index (χ0v) is 12.9. The third-order valence-corrected chi connectivity index (χ3v) is 4.60. The van der Waals surface area contributed by atoms with Crippen LogP contribution in [0.25, 0.3) is 11.2 Å². The van der Waals surface area contributed by atoms with Crippen LogP contribution in [0, 0.1) is 5.82 Å². The van der Waals surface area contributed by atoms with Crippen molar-refractivity contribution in [2.75, 3.05) is 13.1 Å². The monoisotopic (exact) mass is 310 g/mol. The lowest BCUT2D eigenvalue weighted by Gasteiger charge is -2.32. The second-order valence-electron chi connectivity index (χ2n) is 6.13. The summed E-state index contributed by atoms with van der Waals surface area (Å²) in [4.78, 5) is 11.3. The molecule has 0 spiro atoms. The molecule has 1 saturated heterocycles. The molecule has 0 radical (unpaired) electrons. The summed E-state index contributed by atoms with van der Waals surface area (Å²) in [6.45, 7) is 2.96. The van der Waals surface area contributed by atoms with E-state index in [1.165, 1.54) is 17.7 Å². The maximum absolute atomic E-state index is 13.0. The van der Waals surface area contributed by atoms with Crippen LogP contribution in [0.4, 0.5) is 4.39 Å². The molecule has 1 fully saturated rings. The number of hydrogen-bond acceptors (Lipinski definition) is 3. The van der Waals surface area contributed by atoms with Crippen LogP contribution in [0.3, 0.4) is 0 Å². The molecular weight excluding hydrogens is 291 g/mol. The molecule has 3 heterocycles. The lowest BCUT2D eigenvalue weighted by atomic mass is 10.0. The number of hydrogen-bond donors (Lipinski definition) is 0. The van der Waals surface area contributed by atoms with Crippen molar-refractivity contribution in [2.45, 2.75) is 25.4 Å². The minimum Gasteiger partial charge on any atom is -0.312 e. The van der Waals surface area contributed by atoms with Crippen molar-refractivity contribution in [1.82, 2.24) is 19.4 Å². The van der Waals surface area contributed by atoms with E-state index in [1.54, 1.807) is 0 Å². The fourth-order valence-corrected chi connectivity index (χ4v) is 3.34. The van der Waals surface area contributed by atoms with E-state index in [2.05, 4.69) is 19.4 Å². The van der Waals surface area contributed by atoms with Crippen LogP contribution < -0.4 is 0 Å². The molecule has 2 aromatic heterocycles. The lowest BCUT2D eigenvalue weighted by Crippen LogP contribution is -2.34. The normalized spacial score (nSPS) is 16.9. The van der Waals surface area contributed by atoms with Crippen LogP contribution in [0.1, 0.15) is 24.4 Å². The number of fused-ring (bicyclic) bond motifs is 1. The van der Waals surface area contributed by atoms with E-state index in [-0.39, 0.29) is 5.82 Å². The minimum atomic E-state index is -0.174. The number of imidazole rings is 1. The standard InChI is InChI=1S/C18H19FN4/c19-15-5-3-14(4-6-15)12-22-10-7-16(8-11-22)23-13-21-17-2-1-9-20-18(17)23/h1-6,9,13,16H,7-8,10-12H2. The van der Waals surface area contributed by atoms with Crippen molar-refractivity contribution in [3.05, 3.63) is 60.3 Å². The zero-order chi connectivity index (χ0) is 15.6. The number of halogens is 1. The molecular formula is C18H19FN4. The Labute approximate surface area is 134 Å². The molecule has 1 aliphatic heterocycles. The third kappa shape index (κ3) is 2.97. The van der Waals surface area contributed by atoms with Crippen molar-refractivity contribution in [1.29, 1.82) is 0 Å². The van der Waals surface area contributed by atoms with Gasteiger partial charge in [-0.3, -0.25) is 4.90 Å². The van der Waals surface area contributed by atoms with Crippen LogP contribution in [-0.2, 0) is 6.54 Å². The Morgan fingerprint density at radius 3 is 2.61 bits per heavy atom. The van der Waals surface area contributed by atoms with E-state index in [0.717, 1.165) is 43.6 Å². The highest BCUT2D eigenvalue weighted by Crippen LogP contribution is 2.26. The number of piperidine rings is 1. The first-order valence-corrected chi connectivity index (χ1v) is 8.04. The summed E-state index contributed by atoms with van der Waals surface area (Å²) in [6, 6.07) is 11.2. The molecule has 0 atom stereocenters. The average molecular weight is 310 g/mol. The molecule has 118 valence electrons. The molecule has 3 aromatic rings. The van der Waals surface area contributed by atoms with E-state index in [1.807, 2.05) is 36.8 Å². The molecule has 0 bridgehead atoms. The van der Waals surface area contributed by atoms with Crippen molar-refractivity contribution in [2.24, 2.45) is 0 Å². The van der Waals surface area contributed by atoms with Gasteiger partial charge in [0.25, 0.3) is 0 Å². The highest BCUT2D eigenvalue weighted by molar-refractivity contribution is 5.70. The van der Waals surface area contributed by atoms with Crippen LogP contribution in [0.5, 0.6) is 0 Å². The molecule has 0 amide bonds. The van der Waals surface area contributed by atoms with Gasteiger partial charge in [-0.1, -0.05) is 12.1 Å². The number of aromatic nitrogens is 3. The topological polar surface area (TPSA) is 34.0 Å². The van der Waals surface area contributed by atoms with Gasteiger partial charge in [-0.2, -0.15) is 0 Å². The minimum absolute atomic E-state index is 0.174. The van der Waals surface area contributed by atoms with Crippen LogP contribution in [0.15, 0.2) is 48.9 Å². The zero-order valence-electron chi connectivity index (χ0n) is 12.9. The lowest BCUT2D eigenvalue weighted by molar-refractivity contribution is 0.181. The van der Waals surface area contributed by atoms with Gasteiger partial charge in [0, 0.05) is 31.9 Å². The number of likely N-dealkylation sites (tertiary alicyclic amines) is 1. The van der Waals surface area contributed by atoms with E-state index in [4.69, 9.17) is 0 Å². The van der Waals surface area contributed by atoms with Crippen LogP contribution in [-0.4, -0.2) is 32.5 Å². The van der Waals surface area contributed by atoms with Gasteiger partial charge in [0.2, 0.25) is 0 Å². The molecule has 4 rings (SSSR count). The fraction of sp³-hybridized carbons (Fsp3) is 0.333. The first-order chi connectivity index (χ1) is 11.3. The molecule has 1 aromatic carbocycles. The first-order valence-electron chi connectivity index (χ1n) is 8.04. The summed E-state index contributed by atoms with van der Waals surface area (Å²) in [7, 11) is 0. The average Bonchev–Trinajstić information content (AvgIpc) is 3.02. The van der Waals surface area contributed by atoms with Crippen molar-refractivity contribution < 1.29 is 4.39 Å². The first kappa shape index (κ1) is 14.3. The van der Waals surface area contributed by atoms with Gasteiger partial charge in [0.15, 0.2) is 5.65 Å². The molecule has 0 N–H and O–H groups in total. The van der Waals surface area contributed by atoms with Gasteiger partial charge in [-0.25, -0.2) is 14.4 Å². The molecule has 0 saturated carbocycles. The predicted octanol–water partition coefficient (Wildman–Crippen LogP) is 3.41. The molecule has 23 heavy (non-hydrogen) atoms. The largest absolute Gasteiger partial charge is 0.312 e.